The average molecular weight is 275 g/mol. The van der Waals surface area contributed by atoms with E-state index in [9.17, 15) is 4.79 Å². The molecule has 3 nitrogen and oxygen atoms in total. The minimum absolute atomic E-state index is 0. The monoisotopic (exact) mass is 274 g/mol. The van der Waals surface area contributed by atoms with Crippen LogP contribution < -0.4 is 11.1 Å². The van der Waals surface area contributed by atoms with Gasteiger partial charge in [0.05, 0.1) is 5.41 Å². The second-order valence-electron chi connectivity index (χ2n) is 4.27. The zero-order valence-corrected chi connectivity index (χ0v) is 12.0. The molecule has 0 spiro atoms. The van der Waals surface area contributed by atoms with Crippen molar-refractivity contribution >= 4 is 35.8 Å². The number of thioether (sulfide) groups is 1. The molecule has 1 aromatic rings. The van der Waals surface area contributed by atoms with Gasteiger partial charge in [-0.2, -0.15) is 0 Å². The first-order valence-electron chi connectivity index (χ1n) is 5.15. The molecule has 0 saturated carbocycles. The van der Waals surface area contributed by atoms with Gasteiger partial charge in [-0.1, -0.05) is 0 Å². The summed E-state index contributed by atoms with van der Waals surface area (Å²) >= 11 is 1.67. The lowest BCUT2D eigenvalue weighted by atomic mass is 9.92. The Morgan fingerprint density at radius 2 is 1.88 bits per heavy atom. The zero-order chi connectivity index (χ0) is 12.2. The molecule has 1 rings (SSSR count). The van der Waals surface area contributed by atoms with Crippen LogP contribution in [0.5, 0.6) is 0 Å². The van der Waals surface area contributed by atoms with Gasteiger partial charge in [0.25, 0.3) is 0 Å². The van der Waals surface area contributed by atoms with Crippen molar-refractivity contribution in [2.75, 3.05) is 18.1 Å². The Balaban J connectivity index is 0.00000256. The van der Waals surface area contributed by atoms with Gasteiger partial charge in [0.2, 0.25) is 5.91 Å². The number of nitrogens with two attached hydrogens (primary N) is 1. The first-order chi connectivity index (χ1) is 7.49. The highest BCUT2D eigenvalue weighted by Crippen LogP contribution is 2.20. The Kier molecular flexibility index (Phi) is 6.60. The van der Waals surface area contributed by atoms with E-state index in [1.165, 1.54) is 4.90 Å². The van der Waals surface area contributed by atoms with E-state index in [2.05, 4.69) is 5.32 Å². The summed E-state index contributed by atoms with van der Waals surface area (Å²) in [7, 11) is 0. The van der Waals surface area contributed by atoms with Gasteiger partial charge in [-0.25, -0.2) is 0 Å². The lowest BCUT2D eigenvalue weighted by Crippen LogP contribution is -2.37. The van der Waals surface area contributed by atoms with Gasteiger partial charge in [0.15, 0.2) is 0 Å². The number of hydrogen-bond donors (Lipinski definition) is 2. The maximum absolute atomic E-state index is 11.8. The fourth-order valence-corrected chi connectivity index (χ4v) is 1.48. The smallest absolute Gasteiger partial charge is 0.231 e. The SMILES string of the molecule is CSc1ccc(NC(=O)C(C)(C)CN)cc1.Cl. The van der Waals surface area contributed by atoms with E-state index in [0.29, 0.717) is 6.54 Å². The molecule has 0 aliphatic heterocycles. The first kappa shape index (κ1) is 16.3. The van der Waals surface area contributed by atoms with Crippen LogP contribution in [-0.4, -0.2) is 18.7 Å². The molecule has 0 radical (unpaired) electrons. The molecule has 0 atom stereocenters. The van der Waals surface area contributed by atoms with Crippen molar-refractivity contribution in [2.45, 2.75) is 18.7 Å². The van der Waals surface area contributed by atoms with Crippen molar-refractivity contribution in [3.63, 3.8) is 0 Å². The van der Waals surface area contributed by atoms with Crippen molar-refractivity contribution in [2.24, 2.45) is 11.1 Å². The molecule has 96 valence electrons. The standard InChI is InChI=1S/C12H18N2OS.ClH/c1-12(2,8-13)11(15)14-9-4-6-10(16-3)7-5-9;/h4-7H,8,13H2,1-3H3,(H,14,15);1H. The van der Waals surface area contributed by atoms with Gasteiger partial charge in [-0.3, -0.25) is 4.79 Å². The van der Waals surface area contributed by atoms with Crippen LogP contribution in [0.1, 0.15) is 13.8 Å². The van der Waals surface area contributed by atoms with E-state index in [-0.39, 0.29) is 18.3 Å². The van der Waals surface area contributed by atoms with Crippen LogP contribution in [0.15, 0.2) is 29.2 Å². The zero-order valence-electron chi connectivity index (χ0n) is 10.3. The van der Waals surface area contributed by atoms with Crippen LogP contribution in [0.4, 0.5) is 5.69 Å². The number of amides is 1. The predicted molar refractivity (Wildman–Crippen MR) is 76.9 cm³/mol. The summed E-state index contributed by atoms with van der Waals surface area (Å²) in [5, 5.41) is 2.86. The highest BCUT2D eigenvalue weighted by Gasteiger charge is 2.25. The molecule has 0 saturated heterocycles. The van der Waals surface area contributed by atoms with Crippen molar-refractivity contribution in [1.29, 1.82) is 0 Å². The second kappa shape index (κ2) is 6.89. The van der Waals surface area contributed by atoms with Gasteiger partial charge in [0.1, 0.15) is 0 Å². The predicted octanol–water partition coefficient (Wildman–Crippen LogP) is 2.75. The quantitative estimate of drug-likeness (QED) is 0.830. The normalized spacial score (nSPS) is 10.6. The fraction of sp³-hybridized carbons (Fsp3) is 0.417. The number of benzene rings is 1. The average Bonchev–Trinajstić information content (AvgIpc) is 2.30. The molecule has 0 aliphatic carbocycles. The van der Waals surface area contributed by atoms with Gasteiger partial charge >= 0.3 is 0 Å². The minimum atomic E-state index is -0.530. The molecule has 0 aliphatic rings. The highest BCUT2D eigenvalue weighted by molar-refractivity contribution is 7.98. The second-order valence-corrected chi connectivity index (χ2v) is 5.15. The Morgan fingerprint density at radius 3 is 2.29 bits per heavy atom. The molecular formula is C12H19ClN2OS. The fourth-order valence-electron chi connectivity index (χ4n) is 1.07. The van der Waals surface area contributed by atoms with Crippen LogP contribution in [-0.2, 0) is 4.79 Å². The number of carbonyl (C=O) groups is 1. The van der Waals surface area contributed by atoms with Gasteiger partial charge in [-0.05, 0) is 44.4 Å². The topological polar surface area (TPSA) is 55.1 Å². The van der Waals surface area contributed by atoms with Gasteiger partial charge in [0, 0.05) is 17.1 Å². The van der Waals surface area contributed by atoms with Crippen LogP contribution in [0.25, 0.3) is 0 Å². The van der Waals surface area contributed by atoms with Crippen molar-refractivity contribution in [3.8, 4) is 0 Å². The molecule has 0 unspecified atom stereocenters. The summed E-state index contributed by atoms with van der Waals surface area (Å²) in [5.41, 5.74) is 5.82. The minimum Gasteiger partial charge on any atom is -0.329 e. The molecular weight excluding hydrogens is 256 g/mol. The molecule has 1 aromatic carbocycles. The summed E-state index contributed by atoms with van der Waals surface area (Å²) in [6.07, 6.45) is 2.02. The first-order valence-corrected chi connectivity index (χ1v) is 6.37. The van der Waals surface area contributed by atoms with Crippen LogP contribution in [0.2, 0.25) is 0 Å². The molecule has 0 bridgehead atoms. The van der Waals surface area contributed by atoms with Gasteiger partial charge < -0.3 is 11.1 Å². The van der Waals surface area contributed by atoms with Crippen LogP contribution in [0.3, 0.4) is 0 Å². The molecule has 17 heavy (non-hydrogen) atoms. The third-order valence-corrected chi connectivity index (χ3v) is 3.22. The number of hydrogen-bond acceptors (Lipinski definition) is 3. The molecule has 0 heterocycles. The van der Waals surface area contributed by atoms with Crippen molar-refractivity contribution in [1.82, 2.24) is 0 Å². The molecule has 3 N–H and O–H groups in total. The van der Waals surface area contributed by atoms with E-state index in [1.54, 1.807) is 11.8 Å². The largest absolute Gasteiger partial charge is 0.329 e. The van der Waals surface area contributed by atoms with Gasteiger partial charge in [-0.15, -0.1) is 24.2 Å². The van der Waals surface area contributed by atoms with Crippen LogP contribution >= 0.6 is 24.2 Å². The number of halogens is 1. The molecule has 0 fully saturated rings. The molecule has 5 heteroatoms. The third-order valence-electron chi connectivity index (χ3n) is 2.47. The van der Waals surface area contributed by atoms with Crippen LogP contribution in [0, 0.1) is 5.41 Å². The lowest BCUT2D eigenvalue weighted by molar-refractivity contribution is -0.123. The molecule has 0 aromatic heterocycles. The third kappa shape index (κ3) is 4.58. The number of carbonyl (C=O) groups excluding carboxylic acids is 1. The Labute approximate surface area is 113 Å². The number of rotatable bonds is 4. The summed E-state index contributed by atoms with van der Waals surface area (Å²) in [6, 6.07) is 7.76. The van der Waals surface area contributed by atoms with E-state index >= 15 is 0 Å². The number of anilines is 1. The lowest BCUT2D eigenvalue weighted by Gasteiger charge is -2.21. The maximum Gasteiger partial charge on any atom is 0.231 e. The summed E-state index contributed by atoms with van der Waals surface area (Å²) in [6.45, 7) is 4.00. The van der Waals surface area contributed by atoms with E-state index in [4.69, 9.17) is 5.73 Å². The van der Waals surface area contributed by atoms with E-state index < -0.39 is 5.41 Å². The van der Waals surface area contributed by atoms with E-state index in [1.807, 2.05) is 44.4 Å². The maximum atomic E-state index is 11.8. The van der Waals surface area contributed by atoms with Crippen molar-refractivity contribution in [3.05, 3.63) is 24.3 Å². The van der Waals surface area contributed by atoms with Crippen molar-refractivity contribution < 1.29 is 4.79 Å². The highest BCUT2D eigenvalue weighted by atomic mass is 35.5. The summed E-state index contributed by atoms with van der Waals surface area (Å²) < 4.78 is 0. The Hall–Kier alpha value is -0.710. The number of nitrogens with one attached hydrogen (secondary N) is 1. The Morgan fingerprint density at radius 1 is 1.35 bits per heavy atom. The van der Waals surface area contributed by atoms with E-state index in [0.717, 1.165) is 5.69 Å². The Bertz CT molecular complexity index is 365. The summed E-state index contributed by atoms with van der Waals surface area (Å²) in [4.78, 5) is 13.0. The summed E-state index contributed by atoms with van der Waals surface area (Å²) in [5.74, 6) is -0.0492. The molecule has 1 amide bonds.